The van der Waals surface area contributed by atoms with Crippen LogP contribution in [-0.4, -0.2) is 35.1 Å². The highest BCUT2D eigenvalue weighted by atomic mass is 16.6. The molecule has 0 aliphatic rings. The number of esters is 1. The highest BCUT2D eigenvalue weighted by molar-refractivity contribution is 5.69. The third-order valence-corrected chi connectivity index (χ3v) is 1.29. The highest BCUT2D eigenvalue weighted by Crippen LogP contribution is 1.97. The summed E-state index contributed by atoms with van der Waals surface area (Å²) in [7, 11) is 0. The molecule has 72 valence electrons. The van der Waals surface area contributed by atoms with Crippen molar-refractivity contribution in [3.8, 4) is 0 Å². The van der Waals surface area contributed by atoms with Gasteiger partial charge in [0, 0.05) is 6.42 Å². The van der Waals surface area contributed by atoms with Crippen LogP contribution in [0.3, 0.4) is 0 Å². The molecule has 0 fully saturated rings. The molecule has 0 heterocycles. The number of carbonyl (C=O) groups is 1. The fraction of sp³-hybridized carbons (Fsp3) is 0.857. The summed E-state index contributed by atoms with van der Waals surface area (Å²) in [5, 5.41) is 17.3. The molecule has 0 aromatic heterocycles. The van der Waals surface area contributed by atoms with Gasteiger partial charge in [-0.05, 0) is 6.42 Å². The van der Waals surface area contributed by atoms with Gasteiger partial charge < -0.3 is 14.9 Å². The van der Waals surface area contributed by atoms with Crippen molar-refractivity contribution in [2.75, 3.05) is 6.61 Å². The van der Waals surface area contributed by atoms with E-state index in [2.05, 4.69) is 4.74 Å². The van der Waals surface area contributed by atoms with Crippen LogP contribution in [0.2, 0.25) is 0 Å². The molecule has 0 rings (SSSR count). The van der Waals surface area contributed by atoms with Crippen molar-refractivity contribution in [3.05, 3.63) is 0 Å². The third-order valence-electron chi connectivity index (χ3n) is 1.29. The lowest BCUT2D eigenvalue weighted by atomic mass is 10.3. The number of rotatable bonds is 5. The lowest BCUT2D eigenvalue weighted by Crippen LogP contribution is -2.40. The molecule has 0 bridgehead atoms. The number of aliphatic hydroxyl groups is 2. The maximum atomic E-state index is 10.8. The SMILES string of the molecule is CCCC(=O)OC(N)C(O)CO. The molecule has 0 aliphatic heterocycles. The van der Waals surface area contributed by atoms with Crippen LogP contribution in [-0.2, 0) is 9.53 Å². The predicted octanol–water partition coefficient (Wildman–Crippen LogP) is -1.03. The Kier molecular flexibility index (Phi) is 5.61. The van der Waals surface area contributed by atoms with Crippen molar-refractivity contribution in [2.24, 2.45) is 5.73 Å². The van der Waals surface area contributed by atoms with Crippen molar-refractivity contribution in [1.29, 1.82) is 0 Å². The van der Waals surface area contributed by atoms with Crippen LogP contribution in [0.5, 0.6) is 0 Å². The Hall–Kier alpha value is -0.650. The van der Waals surface area contributed by atoms with Gasteiger partial charge in [-0.2, -0.15) is 0 Å². The molecule has 2 atom stereocenters. The summed E-state index contributed by atoms with van der Waals surface area (Å²) in [6.45, 7) is 1.32. The molecular formula is C7H15NO4. The largest absolute Gasteiger partial charge is 0.444 e. The number of hydrogen-bond donors (Lipinski definition) is 3. The summed E-state index contributed by atoms with van der Waals surface area (Å²) < 4.78 is 4.57. The van der Waals surface area contributed by atoms with Gasteiger partial charge in [-0.25, -0.2) is 0 Å². The zero-order valence-corrected chi connectivity index (χ0v) is 7.06. The Balaban J connectivity index is 3.67. The first-order valence-corrected chi connectivity index (χ1v) is 3.85. The smallest absolute Gasteiger partial charge is 0.307 e. The molecule has 5 nitrogen and oxygen atoms in total. The summed E-state index contributed by atoms with van der Waals surface area (Å²) in [5.41, 5.74) is 5.21. The minimum absolute atomic E-state index is 0.270. The van der Waals surface area contributed by atoms with E-state index in [4.69, 9.17) is 15.9 Å². The molecule has 0 aliphatic carbocycles. The maximum Gasteiger partial charge on any atom is 0.307 e. The van der Waals surface area contributed by atoms with E-state index < -0.39 is 24.9 Å². The van der Waals surface area contributed by atoms with Crippen LogP contribution >= 0.6 is 0 Å². The quantitative estimate of drug-likeness (QED) is 0.369. The number of aliphatic hydroxyl groups excluding tert-OH is 2. The minimum Gasteiger partial charge on any atom is -0.444 e. The Labute approximate surface area is 71.1 Å². The van der Waals surface area contributed by atoms with Crippen molar-refractivity contribution in [3.63, 3.8) is 0 Å². The van der Waals surface area contributed by atoms with Gasteiger partial charge in [-0.3, -0.25) is 10.5 Å². The lowest BCUT2D eigenvalue weighted by Gasteiger charge is -2.16. The second kappa shape index (κ2) is 5.93. The van der Waals surface area contributed by atoms with Crippen molar-refractivity contribution in [1.82, 2.24) is 0 Å². The van der Waals surface area contributed by atoms with E-state index in [0.29, 0.717) is 6.42 Å². The number of nitrogens with two attached hydrogens (primary N) is 1. The van der Waals surface area contributed by atoms with Crippen molar-refractivity contribution in [2.45, 2.75) is 32.1 Å². The topological polar surface area (TPSA) is 92.8 Å². The van der Waals surface area contributed by atoms with E-state index in [0.717, 1.165) is 0 Å². The van der Waals surface area contributed by atoms with Gasteiger partial charge in [0.15, 0.2) is 6.23 Å². The highest BCUT2D eigenvalue weighted by Gasteiger charge is 2.17. The molecule has 0 radical (unpaired) electrons. The fourth-order valence-electron chi connectivity index (χ4n) is 0.597. The zero-order valence-electron chi connectivity index (χ0n) is 7.06. The average Bonchev–Trinajstić information content (AvgIpc) is 2.03. The van der Waals surface area contributed by atoms with E-state index in [1.165, 1.54) is 0 Å². The van der Waals surface area contributed by atoms with E-state index >= 15 is 0 Å². The van der Waals surface area contributed by atoms with E-state index in [9.17, 15) is 4.79 Å². The van der Waals surface area contributed by atoms with Gasteiger partial charge in [-0.1, -0.05) is 6.92 Å². The van der Waals surface area contributed by atoms with Gasteiger partial charge in [0.25, 0.3) is 0 Å². The first-order chi connectivity index (χ1) is 5.61. The normalized spacial score (nSPS) is 15.3. The van der Waals surface area contributed by atoms with Crippen LogP contribution in [0.4, 0.5) is 0 Å². The molecule has 0 aromatic rings. The van der Waals surface area contributed by atoms with Gasteiger partial charge in [0.05, 0.1) is 6.61 Å². The second-order valence-corrected chi connectivity index (χ2v) is 2.45. The van der Waals surface area contributed by atoms with E-state index in [-0.39, 0.29) is 6.42 Å². The summed E-state index contributed by atoms with van der Waals surface area (Å²) >= 11 is 0. The molecule has 0 saturated carbocycles. The van der Waals surface area contributed by atoms with Gasteiger partial charge in [-0.15, -0.1) is 0 Å². The van der Waals surface area contributed by atoms with Crippen LogP contribution in [0.15, 0.2) is 0 Å². The van der Waals surface area contributed by atoms with Crippen LogP contribution in [0.25, 0.3) is 0 Å². The van der Waals surface area contributed by atoms with Crippen LogP contribution < -0.4 is 5.73 Å². The number of carbonyl (C=O) groups excluding carboxylic acids is 1. The Morgan fingerprint density at radius 3 is 2.67 bits per heavy atom. The fourth-order valence-corrected chi connectivity index (χ4v) is 0.597. The molecule has 0 spiro atoms. The molecule has 4 N–H and O–H groups in total. The van der Waals surface area contributed by atoms with Crippen LogP contribution in [0.1, 0.15) is 19.8 Å². The van der Waals surface area contributed by atoms with Crippen LogP contribution in [0, 0.1) is 0 Å². The number of hydrogen-bond acceptors (Lipinski definition) is 5. The maximum absolute atomic E-state index is 10.8. The number of ether oxygens (including phenoxy) is 1. The van der Waals surface area contributed by atoms with E-state index in [1.54, 1.807) is 0 Å². The second-order valence-electron chi connectivity index (χ2n) is 2.45. The molecule has 0 saturated heterocycles. The van der Waals surface area contributed by atoms with Crippen molar-refractivity contribution >= 4 is 5.97 Å². The zero-order chi connectivity index (χ0) is 9.56. The van der Waals surface area contributed by atoms with Crippen molar-refractivity contribution < 1.29 is 19.7 Å². The van der Waals surface area contributed by atoms with Gasteiger partial charge in [0.1, 0.15) is 6.10 Å². The summed E-state index contributed by atoms with van der Waals surface area (Å²) in [6.07, 6.45) is -1.40. The third kappa shape index (κ3) is 4.27. The standard InChI is InChI=1S/C7H15NO4/c1-2-3-6(11)12-7(8)5(10)4-9/h5,7,9-10H,2-4,8H2,1H3. The Bertz CT molecular complexity index is 139. The average molecular weight is 177 g/mol. The monoisotopic (exact) mass is 177 g/mol. The lowest BCUT2D eigenvalue weighted by molar-refractivity contribution is -0.156. The Morgan fingerprint density at radius 2 is 2.25 bits per heavy atom. The molecule has 0 aromatic carbocycles. The Morgan fingerprint density at radius 1 is 1.67 bits per heavy atom. The summed E-state index contributed by atoms with van der Waals surface area (Å²) in [4.78, 5) is 10.8. The first-order valence-electron chi connectivity index (χ1n) is 3.85. The first kappa shape index (κ1) is 11.4. The molecule has 2 unspecified atom stereocenters. The molecule has 0 amide bonds. The minimum atomic E-state index is -1.20. The molecule has 12 heavy (non-hydrogen) atoms. The summed E-state index contributed by atoms with van der Waals surface area (Å²) in [6, 6.07) is 0. The molecular weight excluding hydrogens is 162 g/mol. The summed E-state index contributed by atoms with van der Waals surface area (Å²) in [5.74, 6) is -0.461. The van der Waals surface area contributed by atoms with Gasteiger partial charge >= 0.3 is 5.97 Å². The predicted molar refractivity (Wildman–Crippen MR) is 42.1 cm³/mol. The molecule has 5 heteroatoms. The van der Waals surface area contributed by atoms with Gasteiger partial charge in [0.2, 0.25) is 0 Å². The van der Waals surface area contributed by atoms with E-state index in [1.807, 2.05) is 6.92 Å².